The Morgan fingerprint density at radius 2 is 2.25 bits per heavy atom. The van der Waals surface area contributed by atoms with E-state index >= 15 is 0 Å². The standard InChI is InChI=1S/C10H12O2/c1-7-4-3-5-9-10(7)12-8(2)6-11-9/h3-5,8H,6H2,1-2H3. The van der Waals surface area contributed by atoms with Gasteiger partial charge < -0.3 is 9.47 Å². The zero-order valence-electron chi connectivity index (χ0n) is 7.33. The van der Waals surface area contributed by atoms with Gasteiger partial charge in [-0.05, 0) is 25.5 Å². The van der Waals surface area contributed by atoms with E-state index in [1.165, 1.54) is 0 Å². The van der Waals surface area contributed by atoms with Crippen LogP contribution in [0.2, 0.25) is 0 Å². The Kier molecular flexibility index (Phi) is 1.68. The second-order valence-electron chi connectivity index (χ2n) is 3.14. The van der Waals surface area contributed by atoms with Gasteiger partial charge in [0, 0.05) is 0 Å². The third kappa shape index (κ3) is 1.13. The minimum absolute atomic E-state index is 0.165. The topological polar surface area (TPSA) is 18.5 Å². The summed E-state index contributed by atoms with van der Waals surface area (Å²) < 4.78 is 11.1. The van der Waals surface area contributed by atoms with Crippen LogP contribution in [-0.2, 0) is 0 Å². The van der Waals surface area contributed by atoms with E-state index in [1.807, 2.05) is 32.0 Å². The molecule has 1 aromatic carbocycles. The van der Waals surface area contributed by atoms with E-state index in [0.29, 0.717) is 6.61 Å². The number of hydrogen-bond donors (Lipinski definition) is 0. The number of ether oxygens (including phenoxy) is 2. The molecule has 0 aliphatic carbocycles. The van der Waals surface area contributed by atoms with Crippen LogP contribution in [-0.4, -0.2) is 12.7 Å². The molecular formula is C10H12O2. The van der Waals surface area contributed by atoms with Crippen molar-refractivity contribution in [2.24, 2.45) is 0 Å². The molecule has 12 heavy (non-hydrogen) atoms. The average Bonchev–Trinajstić information content (AvgIpc) is 2.07. The van der Waals surface area contributed by atoms with Crippen molar-refractivity contribution in [3.63, 3.8) is 0 Å². The summed E-state index contributed by atoms with van der Waals surface area (Å²) in [6, 6.07) is 5.95. The largest absolute Gasteiger partial charge is 0.486 e. The highest BCUT2D eigenvalue weighted by Gasteiger charge is 2.17. The summed E-state index contributed by atoms with van der Waals surface area (Å²) in [5, 5.41) is 0. The molecule has 1 unspecified atom stereocenters. The number of benzene rings is 1. The molecule has 0 spiro atoms. The molecule has 2 nitrogen and oxygen atoms in total. The van der Waals surface area contributed by atoms with E-state index in [0.717, 1.165) is 17.1 Å². The van der Waals surface area contributed by atoms with E-state index in [2.05, 4.69) is 0 Å². The fourth-order valence-electron chi connectivity index (χ4n) is 1.33. The SMILES string of the molecule is Cc1cccc2c1OC(C)CO2. The number of aryl methyl sites for hydroxylation is 1. The Labute approximate surface area is 72.1 Å². The van der Waals surface area contributed by atoms with E-state index in [-0.39, 0.29) is 6.10 Å². The molecule has 2 heteroatoms. The van der Waals surface area contributed by atoms with Crippen molar-refractivity contribution in [2.75, 3.05) is 6.61 Å². The maximum Gasteiger partial charge on any atom is 0.164 e. The summed E-state index contributed by atoms with van der Waals surface area (Å²) in [5.41, 5.74) is 1.14. The van der Waals surface area contributed by atoms with Crippen LogP contribution in [0.15, 0.2) is 18.2 Å². The number of para-hydroxylation sites is 1. The molecule has 0 saturated carbocycles. The van der Waals surface area contributed by atoms with Crippen LogP contribution >= 0.6 is 0 Å². The van der Waals surface area contributed by atoms with Gasteiger partial charge in [-0.3, -0.25) is 0 Å². The van der Waals surface area contributed by atoms with Crippen molar-refractivity contribution in [3.8, 4) is 11.5 Å². The fraction of sp³-hybridized carbons (Fsp3) is 0.400. The molecule has 1 aliphatic heterocycles. The molecule has 1 heterocycles. The predicted molar refractivity (Wildman–Crippen MR) is 46.8 cm³/mol. The quantitative estimate of drug-likeness (QED) is 0.585. The third-order valence-electron chi connectivity index (χ3n) is 1.97. The molecule has 0 saturated heterocycles. The van der Waals surface area contributed by atoms with Gasteiger partial charge in [-0.1, -0.05) is 12.1 Å². The van der Waals surface area contributed by atoms with Crippen LogP contribution in [0.5, 0.6) is 11.5 Å². The minimum atomic E-state index is 0.165. The Morgan fingerprint density at radius 1 is 1.42 bits per heavy atom. The summed E-state index contributed by atoms with van der Waals surface area (Å²) in [5.74, 6) is 1.77. The zero-order valence-corrected chi connectivity index (χ0v) is 7.33. The lowest BCUT2D eigenvalue weighted by Crippen LogP contribution is -2.26. The van der Waals surface area contributed by atoms with E-state index in [1.54, 1.807) is 0 Å². The first-order chi connectivity index (χ1) is 5.77. The minimum Gasteiger partial charge on any atom is -0.486 e. The summed E-state index contributed by atoms with van der Waals surface area (Å²) in [4.78, 5) is 0. The van der Waals surface area contributed by atoms with Gasteiger partial charge in [0.25, 0.3) is 0 Å². The number of rotatable bonds is 0. The van der Waals surface area contributed by atoms with Gasteiger partial charge in [-0.25, -0.2) is 0 Å². The third-order valence-corrected chi connectivity index (χ3v) is 1.97. The molecule has 0 fully saturated rings. The molecule has 0 aromatic heterocycles. The molecule has 0 radical (unpaired) electrons. The van der Waals surface area contributed by atoms with Crippen LogP contribution in [0, 0.1) is 6.92 Å². The highest BCUT2D eigenvalue weighted by atomic mass is 16.6. The summed E-state index contributed by atoms with van der Waals surface area (Å²) in [6.07, 6.45) is 0.165. The zero-order chi connectivity index (χ0) is 8.55. The second-order valence-corrected chi connectivity index (χ2v) is 3.14. The van der Waals surface area contributed by atoms with Crippen molar-refractivity contribution in [1.82, 2.24) is 0 Å². The van der Waals surface area contributed by atoms with Gasteiger partial charge in [-0.15, -0.1) is 0 Å². The maximum absolute atomic E-state index is 5.64. The van der Waals surface area contributed by atoms with Crippen molar-refractivity contribution in [3.05, 3.63) is 23.8 Å². The first-order valence-corrected chi connectivity index (χ1v) is 4.16. The van der Waals surface area contributed by atoms with Crippen LogP contribution in [0.1, 0.15) is 12.5 Å². The number of fused-ring (bicyclic) bond motifs is 1. The highest BCUT2D eigenvalue weighted by molar-refractivity contribution is 5.46. The lowest BCUT2D eigenvalue weighted by atomic mass is 10.2. The van der Waals surface area contributed by atoms with Crippen molar-refractivity contribution < 1.29 is 9.47 Å². The van der Waals surface area contributed by atoms with Gasteiger partial charge in [0.15, 0.2) is 11.5 Å². The van der Waals surface area contributed by atoms with E-state index < -0.39 is 0 Å². The summed E-state index contributed by atoms with van der Waals surface area (Å²) in [6.45, 7) is 4.69. The molecule has 64 valence electrons. The Morgan fingerprint density at radius 3 is 3.08 bits per heavy atom. The molecule has 1 atom stereocenters. The highest BCUT2D eigenvalue weighted by Crippen LogP contribution is 2.34. The van der Waals surface area contributed by atoms with Crippen molar-refractivity contribution >= 4 is 0 Å². The monoisotopic (exact) mass is 164 g/mol. The molecule has 1 aromatic rings. The lowest BCUT2D eigenvalue weighted by molar-refractivity contribution is 0.103. The van der Waals surface area contributed by atoms with Crippen LogP contribution in [0.3, 0.4) is 0 Å². The van der Waals surface area contributed by atoms with Gasteiger partial charge in [-0.2, -0.15) is 0 Å². The van der Waals surface area contributed by atoms with Gasteiger partial charge in [0.2, 0.25) is 0 Å². The normalized spacial score (nSPS) is 20.7. The second kappa shape index (κ2) is 2.70. The van der Waals surface area contributed by atoms with Crippen molar-refractivity contribution in [1.29, 1.82) is 0 Å². The summed E-state index contributed by atoms with van der Waals surface area (Å²) in [7, 11) is 0. The molecule has 0 bridgehead atoms. The summed E-state index contributed by atoms with van der Waals surface area (Å²) >= 11 is 0. The van der Waals surface area contributed by atoms with E-state index in [4.69, 9.17) is 9.47 Å². The van der Waals surface area contributed by atoms with Crippen LogP contribution in [0.25, 0.3) is 0 Å². The Balaban J connectivity index is 2.43. The average molecular weight is 164 g/mol. The number of hydrogen-bond acceptors (Lipinski definition) is 2. The van der Waals surface area contributed by atoms with Gasteiger partial charge >= 0.3 is 0 Å². The van der Waals surface area contributed by atoms with Gasteiger partial charge in [0.1, 0.15) is 12.7 Å². The first-order valence-electron chi connectivity index (χ1n) is 4.16. The molecule has 0 N–H and O–H groups in total. The van der Waals surface area contributed by atoms with Crippen LogP contribution in [0.4, 0.5) is 0 Å². The van der Waals surface area contributed by atoms with Gasteiger partial charge in [0.05, 0.1) is 0 Å². The first kappa shape index (κ1) is 7.47. The molecule has 0 amide bonds. The maximum atomic E-state index is 5.64. The molecule has 1 aliphatic rings. The Bertz CT molecular complexity index is 294. The Hall–Kier alpha value is -1.18. The lowest BCUT2D eigenvalue weighted by Gasteiger charge is -2.24. The smallest absolute Gasteiger partial charge is 0.164 e. The predicted octanol–water partition coefficient (Wildman–Crippen LogP) is 2.15. The van der Waals surface area contributed by atoms with Crippen molar-refractivity contribution in [2.45, 2.75) is 20.0 Å². The van der Waals surface area contributed by atoms with Crippen LogP contribution < -0.4 is 9.47 Å². The molecule has 2 rings (SSSR count). The fourth-order valence-corrected chi connectivity index (χ4v) is 1.33. The van der Waals surface area contributed by atoms with E-state index in [9.17, 15) is 0 Å². The molecular weight excluding hydrogens is 152 g/mol.